The van der Waals surface area contributed by atoms with E-state index in [1.807, 2.05) is 6.92 Å². The second kappa shape index (κ2) is 4.26. The van der Waals surface area contributed by atoms with E-state index in [1.165, 1.54) is 12.1 Å². The molecule has 1 aromatic heterocycles. The van der Waals surface area contributed by atoms with Crippen molar-refractivity contribution in [3.63, 3.8) is 0 Å². The first-order chi connectivity index (χ1) is 7.28. The average molecular weight is 205 g/mol. The van der Waals surface area contributed by atoms with Gasteiger partial charge in [0.1, 0.15) is 12.1 Å². The maximum Gasteiger partial charge on any atom is 0.198 e. The molecule has 0 spiro atoms. The Labute approximate surface area is 87.8 Å². The van der Waals surface area contributed by atoms with Crippen LogP contribution in [0.1, 0.15) is 24.1 Å². The van der Waals surface area contributed by atoms with E-state index >= 15 is 0 Å². The van der Waals surface area contributed by atoms with E-state index in [1.54, 1.807) is 18.4 Å². The number of oxazole rings is 1. The summed E-state index contributed by atoms with van der Waals surface area (Å²) in [6.45, 7) is 2.03. The smallest absolute Gasteiger partial charge is 0.198 e. The second-order valence-electron chi connectivity index (χ2n) is 3.39. The van der Waals surface area contributed by atoms with Gasteiger partial charge in [0, 0.05) is 6.42 Å². The van der Waals surface area contributed by atoms with Crippen LogP contribution >= 0.6 is 0 Å². The lowest BCUT2D eigenvalue weighted by molar-refractivity contribution is 0.506. The van der Waals surface area contributed by atoms with Gasteiger partial charge in [-0.3, -0.25) is 0 Å². The predicted octanol–water partition coefficient (Wildman–Crippen LogP) is 2.97. The normalized spacial score (nSPS) is 10.5. The van der Waals surface area contributed by atoms with Crippen molar-refractivity contribution in [2.24, 2.45) is 0 Å². The van der Waals surface area contributed by atoms with E-state index in [-0.39, 0.29) is 5.82 Å². The van der Waals surface area contributed by atoms with Gasteiger partial charge in [-0.15, -0.1) is 0 Å². The Morgan fingerprint density at radius 2 is 2.00 bits per heavy atom. The van der Waals surface area contributed by atoms with Crippen molar-refractivity contribution in [2.75, 3.05) is 0 Å². The van der Waals surface area contributed by atoms with E-state index in [9.17, 15) is 4.39 Å². The zero-order chi connectivity index (χ0) is 10.7. The molecule has 0 amide bonds. The van der Waals surface area contributed by atoms with Crippen LogP contribution in [0, 0.1) is 5.82 Å². The van der Waals surface area contributed by atoms with Crippen molar-refractivity contribution in [3.05, 3.63) is 53.5 Å². The molecule has 0 atom stereocenters. The third-order valence-corrected chi connectivity index (χ3v) is 2.23. The van der Waals surface area contributed by atoms with Gasteiger partial charge < -0.3 is 4.42 Å². The first-order valence-electron chi connectivity index (χ1n) is 4.95. The molecule has 2 rings (SSSR count). The van der Waals surface area contributed by atoms with Gasteiger partial charge in [0.05, 0.1) is 5.69 Å². The molecule has 0 aliphatic rings. The third-order valence-electron chi connectivity index (χ3n) is 2.23. The van der Waals surface area contributed by atoms with Gasteiger partial charge in [-0.25, -0.2) is 9.37 Å². The van der Waals surface area contributed by atoms with Crippen LogP contribution in [0.4, 0.5) is 4.39 Å². The molecule has 0 N–H and O–H groups in total. The van der Waals surface area contributed by atoms with Crippen LogP contribution in [-0.4, -0.2) is 4.98 Å². The van der Waals surface area contributed by atoms with Crippen molar-refractivity contribution in [2.45, 2.75) is 19.8 Å². The van der Waals surface area contributed by atoms with Crippen molar-refractivity contribution < 1.29 is 8.81 Å². The molecule has 2 aromatic rings. The van der Waals surface area contributed by atoms with E-state index in [0.29, 0.717) is 12.3 Å². The van der Waals surface area contributed by atoms with Gasteiger partial charge in [0.25, 0.3) is 0 Å². The molecular weight excluding hydrogens is 193 g/mol. The van der Waals surface area contributed by atoms with Crippen LogP contribution < -0.4 is 0 Å². The van der Waals surface area contributed by atoms with Crippen molar-refractivity contribution >= 4 is 0 Å². The van der Waals surface area contributed by atoms with Crippen LogP contribution in [0.15, 0.2) is 34.9 Å². The summed E-state index contributed by atoms with van der Waals surface area (Å²) >= 11 is 0. The summed E-state index contributed by atoms with van der Waals surface area (Å²) in [6.07, 6.45) is 3.14. The van der Waals surface area contributed by atoms with Crippen LogP contribution in [-0.2, 0) is 12.8 Å². The van der Waals surface area contributed by atoms with Gasteiger partial charge in [-0.1, -0.05) is 19.1 Å². The largest absolute Gasteiger partial charge is 0.448 e. The summed E-state index contributed by atoms with van der Waals surface area (Å²) < 4.78 is 17.9. The summed E-state index contributed by atoms with van der Waals surface area (Å²) in [5, 5.41) is 0. The Morgan fingerprint density at radius 3 is 2.60 bits per heavy atom. The SMILES string of the molecule is CCc1coc(Cc2ccc(F)cc2)n1. The predicted molar refractivity (Wildman–Crippen MR) is 55.1 cm³/mol. The summed E-state index contributed by atoms with van der Waals surface area (Å²) in [7, 11) is 0. The number of aromatic nitrogens is 1. The number of nitrogens with zero attached hydrogens (tertiary/aromatic N) is 1. The van der Waals surface area contributed by atoms with Crippen LogP contribution in [0.2, 0.25) is 0 Å². The van der Waals surface area contributed by atoms with Crippen LogP contribution in [0.3, 0.4) is 0 Å². The lowest BCUT2D eigenvalue weighted by atomic mass is 10.1. The highest BCUT2D eigenvalue weighted by Gasteiger charge is 2.03. The number of hydrogen-bond donors (Lipinski definition) is 0. The molecule has 1 aromatic carbocycles. The minimum atomic E-state index is -0.222. The number of halogens is 1. The molecule has 0 radical (unpaired) electrons. The van der Waals surface area contributed by atoms with Crippen molar-refractivity contribution in [1.82, 2.24) is 4.98 Å². The van der Waals surface area contributed by atoms with Gasteiger partial charge in [0.15, 0.2) is 5.89 Å². The van der Waals surface area contributed by atoms with Gasteiger partial charge >= 0.3 is 0 Å². The molecule has 78 valence electrons. The maximum atomic E-state index is 12.6. The third kappa shape index (κ3) is 2.43. The molecule has 0 aliphatic heterocycles. The summed E-state index contributed by atoms with van der Waals surface area (Å²) in [5.41, 5.74) is 1.95. The summed E-state index contributed by atoms with van der Waals surface area (Å²) in [5.74, 6) is 0.457. The Bertz CT molecular complexity index is 433. The standard InChI is InChI=1S/C12H12FNO/c1-2-11-8-15-12(14-11)7-9-3-5-10(13)6-4-9/h3-6,8H,2,7H2,1H3. The molecule has 0 unspecified atom stereocenters. The lowest BCUT2D eigenvalue weighted by Gasteiger charge is -1.96. The number of rotatable bonds is 3. The number of aryl methyl sites for hydroxylation is 1. The lowest BCUT2D eigenvalue weighted by Crippen LogP contribution is -1.89. The molecule has 3 heteroatoms. The Balaban J connectivity index is 2.11. The molecule has 1 heterocycles. The molecule has 0 fully saturated rings. The fourth-order valence-corrected chi connectivity index (χ4v) is 1.37. The quantitative estimate of drug-likeness (QED) is 0.769. The molecule has 0 saturated heterocycles. The molecule has 15 heavy (non-hydrogen) atoms. The summed E-state index contributed by atoms with van der Waals surface area (Å²) in [6, 6.07) is 6.37. The Hall–Kier alpha value is -1.64. The number of benzene rings is 1. The minimum Gasteiger partial charge on any atom is -0.448 e. The van der Waals surface area contributed by atoms with Gasteiger partial charge in [0.2, 0.25) is 0 Å². The molecule has 0 bridgehead atoms. The van der Waals surface area contributed by atoms with Crippen molar-refractivity contribution in [3.8, 4) is 0 Å². The molecule has 2 nitrogen and oxygen atoms in total. The number of hydrogen-bond acceptors (Lipinski definition) is 2. The first-order valence-corrected chi connectivity index (χ1v) is 4.95. The molecule has 0 saturated carbocycles. The average Bonchev–Trinajstić information content (AvgIpc) is 2.69. The topological polar surface area (TPSA) is 26.0 Å². The van der Waals surface area contributed by atoms with Crippen molar-refractivity contribution in [1.29, 1.82) is 0 Å². The highest BCUT2D eigenvalue weighted by molar-refractivity contribution is 5.19. The monoisotopic (exact) mass is 205 g/mol. The molecular formula is C12H12FNO. The van der Waals surface area contributed by atoms with Gasteiger partial charge in [-0.05, 0) is 24.1 Å². The van der Waals surface area contributed by atoms with E-state index in [0.717, 1.165) is 17.7 Å². The fourth-order valence-electron chi connectivity index (χ4n) is 1.37. The van der Waals surface area contributed by atoms with Gasteiger partial charge in [-0.2, -0.15) is 0 Å². The van der Waals surface area contributed by atoms with E-state index < -0.39 is 0 Å². The zero-order valence-corrected chi connectivity index (χ0v) is 8.53. The summed E-state index contributed by atoms with van der Waals surface area (Å²) in [4.78, 5) is 4.29. The fraction of sp³-hybridized carbons (Fsp3) is 0.250. The Morgan fingerprint density at radius 1 is 1.27 bits per heavy atom. The van der Waals surface area contributed by atoms with E-state index in [2.05, 4.69) is 4.98 Å². The maximum absolute atomic E-state index is 12.6. The van der Waals surface area contributed by atoms with Crippen LogP contribution in [0.25, 0.3) is 0 Å². The minimum absolute atomic E-state index is 0.222. The first kappa shape index (κ1) is 9.90. The highest BCUT2D eigenvalue weighted by Crippen LogP contribution is 2.10. The Kier molecular flexibility index (Phi) is 2.81. The van der Waals surface area contributed by atoms with Crippen LogP contribution in [0.5, 0.6) is 0 Å². The zero-order valence-electron chi connectivity index (χ0n) is 8.53. The van der Waals surface area contributed by atoms with E-state index in [4.69, 9.17) is 4.42 Å². The highest BCUT2D eigenvalue weighted by atomic mass is 19.1. The molecule has 0 aliphatic carbocycles. The second-order valence-corrected chi connectivity index (χ2v) is 3.39.